The van der Waals surface area contributed by atoms with Gasteiger partial charge in [0, 0.05) is 12.1 Å². The zero-order valence-electron chi connectivity index (χ0n) is 18.9. The normalized spacial score (nSPS) is 15.7. The van der Waals surface area contributed by atoms with E-state index >= 15 is 0 Å². The van der Waals surface area contributed by atoms with Crippen LogP contribution < -0.4 is 4.74 Å². The molecule has 1 aliphatic heterocycles. The van der Waals surface area contributed by atoms with E-state index in [-0.39, 0.29) is 33.9 Å². The van der Waals surface area contributed by atoms with Gasteiger partial charge in [-0.25, -0.2) is 14.2 Å². The van der Waals surface area contributed by atoms with E-state index in [2.05, 4.69) is 4.99 Å². The molecule has 36 heavy (non-hydrogen) atoms. The Kier molecular flexibility index (Phi) is 7.98. The zero-order valence-corrected chi connectivity index (χ0v) is 21.2. The van der Waals surface area contributed by atoms with Gasteiger partial charge in [-0.2, -0.15) is 0 Å². The van der Waals surface area contributed by atoms with Crippen LogP contribution in [0.5, 0.6) is 5.75 Å². The van der Waals surface area contributed by atoms with Gasteiger partial charge in [0.05, 0.1) is 26.2 Å². The minimum atomic E-state index is -1.06. The van der Waals surface area contributed by atoms with Crippen molar-refractivity contribution in [1.29, 1.82) is 0 Å². The lowest BCUT2D eigenvalue weighted by Gasteiger charge is -2.12. The molecule has 1 amide bonds. The number of aromatic carboxylic acids is 1. The number of likely N-dealkylation sites (N-methyl/N-ethyl adjacent to an activating group) is 1. The summed E-state index contributed by atoms with van der Waals surface area (Å²) >= 11 is 13.9. The monoisotopic (exact) mass is 544 g/mol. The third-order valence-corrected chi connectivity index (χ3v) is 6.74. The number of hydrogen-bond donors (Lipinski definition) is 1. The first kappa shape index (κ1) is 25.8. The molecule has 184 valence electrons. The molecule has 4 rings (SSSR count). The summed E-state index contributed by atoms with van der Waals surface area (Å²) in [7, 11) is 0. The molecule has 1 fully saturated rings. The van der Waals surface area contributed by atoms with E-state index in [1.807, 2.05) is 6.92 Å². The SMILES string of the molecule is CCN1C(=O)/C(=C/c2cc(Cl)c(OCc3ccccc3F)c(Cl)c2)SC1=Nc1cccc(C(=O)O)c1. The van der Waals surface area contributed by atoms with Gasteiger partial charge in [-0.05, 0) is 66.7 Å². The highest BCUT2D eigenvalue weighted by atomic mass is 35.5. The summed E-state index contributed by atoms with van der Waals surface area (Å²) in [5.41, 5.74) is 1.47. The lowest BCUT2D eigenvalue weighted by atomic mass is 10.2. The van der Waals surface area contributed by atoms with Crippen molar-refractivity contribution >= 4 is 63.8 Å². The Morgan fingerprint density at radius 3 is 2.53 bits per heavy atom. The number of benzene rings is 3. The second-order valence-electron chi connectivity index (χ2n) is 7.60. The highest BCUT2D eigenvalue weighted by Crippen LogP contribution is 2.38. The fourth-order valence-electron chi connectivity index (χ4n) is 3.41. The molecule has 6 nitrogen and oxygen atoms in total. The van der Waals surface area contributed by atoms with Crippen LogP contribution in [0.4, 0.5) is 10.1 Å². The Hall–Kier alpha value is -3.33. The molecule has 3 aromatic rings. The van der Waals surface area contributed by atoms with E-state index in [1.165, 1.54) is 23.1 Å². The van der Waals surface area contributed by atoms with Crippen LogP contribution >= 0.6 is 35.0 Å². The lowest BCUT2D eigenvalue weighted by molar-refractivity contribution is -0.122. The Labute approximate surface area is 221 Å². The second kappa shape index (κ2) is 11.2. The standard InChI is InChI=1S/C26H19Cl2FN2O4S/c1-2-31-24(32)22(36-26(31)30-18-8-5-7-16(13-18)25(33)34)12-15-10-19(27)23(20(28)11-15)35-14-17-6-3-4-9-21(17)29/h3-13H,2,14H2,1H3,(H,33,34)/b22-12-,30-26?. The molecule has 0 radical (unpaired) electrons. The van der Waals surface area contributed by atoms with Gasteiger partial charge in [0.1, 0.15) is 12.4 Å². The number of carbonyl (C=O) groups excluding carboxylic acids is 1. The number of carboxylic acids is 1. The van der Waals surface area contributed by atoms with Gasteiger partial charge in [-0.3, -0.25) is 9.69 Å². The largest absolute Gasteiger partial charge is 0.486 e. The number of amidine groups is 1. The Bertz CT molecular complexity index is 1390. The Morgan fingerprint density at radius 2 is 1.86 bits per heavy atom. The molecule has 0 atom stereocenters. The molecule has 0 unspecified atom stereocenters. The van der Waals surface area contributed by atoms with E-state index in [0.717, 1.165) is 11.8 Å². The quantitative estimate of drug-likeness (QED) is 0.323. The van der Waals surface area contributed by atoms with Crippen molar-refractivity contribution in [2.75, 3.05) is 6.54 Å². The minimum absolute atomic E-state index is 0.0464. The van der Waals surface area contributed by atoms with Crippen molar-refractivity contribution in [3.8, 4) is 5.75 Å². The second-order valence-corrected chi connectivity index (χ2v) is 9.43. The van der Waals surface area contributed by atoms with Crippen molar-refractivity contribution in [3.05, 3.63) is 98.1 Å². The number of amides is 1. The first-order valence-electron chi connectivity index (χ1n) is 10.8. The van der Waals surface area contributed by atoms with E-state index in [4.69, 9.17) is 27.9 Å². The van der Waals surface area contributed by atoms with Crippen LogP contribution in [0.2, 0.25) is 10.0 Å². The molecule has 0 spiro atoms. The fourth-order valence-corrected chi connectivity index (χ4v) is 5.08. The van der Waals surface area contributed by atoms with Gasteiger partial charge in [0.15, 0.2) is 10.9 Å². The Morgan fingerprint density at radius 1 is 1.14 bits per heavy atom. The molecule has 0 saturated carbocycles. The average molecular weight is 545 g/mol. The molecular weight excluding hydrogens is 526 g/mol. The molecular formula is C26H19Cl2FN2O4S. The van der Waals surface area contributed by atoms with Crippen molar-refractivity contribution < 1.29 is 23.8 Å². The summed E-state index contributed by atoms with van der Waals surface area (Å²) in [6.45, 7) is 2.15. The number of carboxylic acid groups (broad SMARTS) is 1. The highest BCUT2D eigenvalue weighted by molar-refractivity contribution is 8.18. The molecule has 0 aliphatic carbocycles. The van der Waals surface area contributed by atoms with Gasteiger partial charge in [-0.15, -0.1) is 0 Å². The molecule has 10 heteroatoms. The predicted octanol–water partition coefficient (Wildman–Crippen LogP) is 7.03. The number of aliphatic imine (C=N–C) groups is 1. The van der Waals surface area contributed by atoms with Gasteiger partial charge in [0.2, 0.25) is 0 Å². The third kappa shape index (κ3) is 5.73. The number of hydrogen-bond acceptors (Lipinski definition) is 5. The van der Waals surface area contributed by atoms with E-state index in [0.29, 0.717) is 33.4 Å². The summed E-state index contributed by atoms with van der Waals surface area (Å²) in [4.78, 5) is 30.6. The van der Waals surface area contributed by atoms with Crippen LogP contribution in [0, 0.1) is 5.82 Å². The van der Waals surface area contributed by atoms with Crippen LogP contribution in [0.3, 0.4) is 0 Å². The van der Waals surface area contributed by atoms with Gasteiger partial charge in [0.25, 0.3) is 5.91 Å². The molecule has 1 aliphatic rings. The van der Waals surface area contributed by atoms with Crippen LogP contribution in [-0.4, -0.2) is 33.6 Å². The number of rotatable bonds is 7. The van der Waals surface area contributed by atoms with Crippen LogP contribution in [0.1, 0.15) is 28.4 Å². The van der Waals surface area contributed by atoms with Gasteiger partial charge < -0.3 is 9.84 Å². The fraction of sp³-hybridized carbons (Fsp3) is 0.115. The summed E-state index contributed by atoms with van der Waals surface area (Å²) < 4.78 is 19.5. The summed E-state index contributed by atoms with van der Waals surface area (Å²) in [6, 6.07) is 15.6. The number of halogens is 3. The van der Waals surface area contributed by atoms with Crippen molar-refractivity contribution in [3.63, 3.8) is 0 Å². The number of nitrogens with zero attached hydrogens (tertiary/aromatic N) is 2. The maximum Gasteiger partial charge on any atom is 0.335 e. The maximum atomic E-state index is 13.9. The molecule has 1 heterocycles. The highest BCUT2D eigenvalue weighted by Gasteiger charge is 2.32. The Balaban J connectivity index is 1.58. The first-order valence-corrected chi connectivity index (χ1v) is 12.3. The molecule has 0 bridgehead atoms. The predicted molar refractivity (Wildman–Crippen MR) is 141 cm³/mol. The zero-order chi connectivity index (χ0) is 25.8. The summed E-state index contributed by atoms with van der Waals surface area (Å²) in [5, 5.41) is 10.1. The van der Waals surface area contributed by atoms with E-state index in [9.17, 15) is 19.1 Å². The van der Waals surface area contributed by atoms with E-state index < -0.39 is 11.8 Å². The third-order valence-electron chi connectivity index (χ3n) is 5.17. The number of ether oxygens (including phenoxy) is 1. The van der Waals surface area contributed by atoms with E-state index in [1.54, 1.807) is 48.5 Å². The topological polar surface area (TPSA) is 79.2 Å². The number of thioether (sulfide) groups is 1. The molecule has 0 aromatic heterocycles. The minimum Gasteiger partial charge on any atom is -0.486 e. The summed E-state index contributed by atoms with van der Waals surface area (Å²) in [5.74, 6) is -1.49. The first-order chi connectivity index (χ1) is 17.3. The van der Waals surface area contributed by atoms with Crippen molar-refractivity contribution in [2.45, 2.75) is 13.5 Å². The van der Waals surface area contributed by atoms with Crippen LogP contribution in [0.25, 0.3) is 6.08 Å². The van der Waals surface area contributed by atoms with Crippen LogP contribution in [-0.2, 0) is 11.4 Å². The lowest BCUT2D eigenvalue weighted by Crippen LogP contribution is -2.28. The van der Waals surface area contributed by atoms with Gasteiger partial charge in [-0.1, -0.05) is 47.5 Å². The molecule has 1 N–H and O–H groups in total. The average Bonchev–Trinajstić information content (AvgIpc) is 3.13. The van der Waals surface area contributed by atoms with Gasteiger partial charge >= 0.3 is 5.97 Å². The molecule has 3 aromatic carbocycles. The van der Waals surface area contributed by atoms with Crippen LogP contribution in [0.15, 0.2) is 70.6 Å². The molecule has 1 saturated heterocycles. The van der Waals surface area contributed by atoms with Crippen molar-refractivity contribution in [1.82, 2.24) is 4.90 Å². The smallest absolute Gasteiger partial charge is 0.335 e. The number of carbonyl (C=O) groups is 2. The van der Waals surface area contributed by atoms with Crippen molar-refractivity contribution in [2.24, 2.45) is 4.99 Å². The summed E-state index contributed by atoms with van der Waals surface area (Å²) in [6.07, 6.45) is 1.64. The maximum absolute atomic E-state index is 13.9.